The molecule has 0 saturated heterocycles. The highest BCUT2D eigenvalue weighted by Gasteiger charge is 2.19. The van der Waals surface area contributed by atoms with Gasteiger partial charge in [0.2, 0.25) is 0 Å². The van der Waals surface area contributed by atoms with Crippen LogP contribution in [-0.4, -0.2) is 30.9 Å². The van der Waals surface area contributed by atoms with Crippen molar-refractivity contribution in [2.24, 2.45) is 7.05 Å². The average molecular weight is 310 g/mol. The predicted molar refractivity (Wildman–Crippen MR) is 89.9 cm³/mol. The lowest BCUT2D eigenvalue weighted by atomic mass is 10.2. The maximum Gasteiger partial charge on any atom is 0.0882 e. The van der Waals surface area contributed by atoms with Crippen LogP contribution in [0.1, 0.15) is 22.6 Å². The van der Waals surface area contributed by atoms with Crippen LogP contribution in [0.5, 0.6) is 0 Å². The molecule has 0 bridgehead atoms. The molecule has 0 amide bonds. The van der Waals surface area contributed by atoms with Gasteiger partial charge in [-0.2, -0.15) is 5.10 Å². The Morgan fingerprint density at radius 2 is 2.04 bits per heavy atom. The first-order valence-corrected chi connectivity index (χ1v) is 8.08. The minimum absolute atomic E-state index is 0.0164. The summed E-state index contributed by atoms with van der Waals surface area (Å²) in [6.07, 6.45) is 0. The third kappa shape index (κ3) is 2.56. The van der Waals surface area contributed by atoms with Crippen molar-refractivity contribution in [2.45, 2.75) is 33.2 Å². The lowest BCUT2D eigenvalue weighted by molar-refractivity contribution is 0.201. The molecule has 1 N–H and O–H groups in total. The summed E-state index contributed by atoms with van der Waals surface area (Å²) < 4.78 is 4.31. The van der Waals surface area contributed by atoms with Gasteiger partial charge in [0, 0.05) is 43.3 Å². The maximum atomic E-state index is 9.23. The molecule has 0 atom stereocenters. The molecule has 0 fully saturated rings. The number of aryl methyl sites for hydroxylation is 2. The number of rotatable bonds is 3. The second-order valence-corrected chi connectivity index (χ2v) is 6.48. The zero-order valence-corrected chi connectivity index (χ0v) is 13.7. The fourth-order valence-electron chi connectivity index (χ4n) is 3.50. The van der Waals surface area contributed by atoms with Crippen LogP contribution in [-0.2, 0) is 33.3 Å². The van der Waals surface area contributed by atoms with Gasteiger partial charge in [-0.05, 0) is 31.2 Å². The lowest BCUT2D eigenvalue weighted by Crippen LogP contribution is -2.33. The molecule has 5 nitrogen and oxygen atoms in total. The van der Waals surface area contributed by atoms with Gasteiger partial charge in [-0.15, -0.1) is 0 Å². The molecule has 1 aromatic carbocycles. The van der Waals surface area contributed by atoms with Gasteiger partial charge >= 0.3 is 0 Å². The number of hydrogen-bond donors (Lipinski definition) is 1. The van der Waals surface area contributed by atoms with Crippen molar-refractivity contribution < 1.29 is 5.11 Å². The van der Waals surface area contributed by atoms with Crippen molar-refractivity contribution in [3.8, 4) is 0 Å². The molecule has 1 aliphatic rings. The lowest BCUT2D eigenvalue weighted by Gasteiger charge is -2.27. The smallest absolute Gasteiger partial charge is 0.0882 e. The van der Waals surface area contributed by atoms with E-state index in [0.29, 0.717) is 0 Å². The topological polar surface area (TPSA) is 46.2 Å². The van der Waals surface area contributed by atoms with Crippen LogP contribution in [0.25, 0.3) is 10.9 Å². The summed E-state index contributed by atoms with van der Waals surface area (Å²) in [5.41, 5.74) is 5.88. The molecule has 4 rings (SSSR count). The SMILES string of the molecule is Cc1ccc2c(c1)cc(CN1CCn3nc(CO)cc3C1)n2C. The fourth-order valence-corrected chi connectivity index (χ4v) is 3.50. The molecule has 3 aromatic rings. The standard InChI is InChI=1S/C18H22N4O/c1-13-3-4-18-14(7-13)8-16(20(18)2)10-21-5-6-22-17(11-21)9-15(12-23)19-22/h3-4,7-9,23H,5-6,10-12H2,1-2H3. The summed E-state index contributed by atoms with van der Waals surface area (Å²) in [5, 5.41) is 15.0. The van der Waals surface area contributed by atoms with Crippen molar-refractivity contribution in [1.29, 1.82) is 0 Å². The van der Waals surface area contributed by atoms with Gasteiger partial charge < -0.3 is 9.67 Å². The van der Waals surface area contributed by atoms with E-state index in [1.54, 1.807) is 0 Å². The Kier molecular flexibility index (Phi) is 3.47. The van der Waals surface area contributed by atoms with E-state index in [9.17, 15) is 5.11 Å². The fraction of sp³-hybridized carbons (Fsp3) is 0.389. The molecule has 0 aliphatic carbocycles. The first-order valence-electron chi connectivity index (χ1n) is 8.08. The van der Waals surface area contributed by atoms with Crippen LogP contribution >= 0.6 is 0 Å². The van der Waals surface area contributed by atoms with Crippen molar-refractivity contribution in [3.05, 3.63) is 53.0 Å². The van der Waals surface area contributed by atoms with E-state index in [2.05, 4.69) is 52.8 Å². The van der Waals surface area contributed by atoms with Gasteiger partial charge in [-0.1, -0.05) is 11.6 Å². The van der Waals surface area contributed by atoms with Crippen molar-refractivity contribution >= 4 is 10.9 Å². The van der Waals surface area contributed by atoms with Crippen LogP contribution in [0.4, 0.5) is 0 Å². The predicted octanol–water partition coefficient (Wildman–Crippen LogP) is 2.19. The quantitative estimate of drug-likeness (QED) is 0.806. The molecule has 0 spiro atoms. The zero-order valence-electron chi connectivity index (χ0n) is 13.7. The monoisotopic (exact) mass is 310 g/mol. The summed E-state index contributed by atoms with van der Waals surface area (Å²) >= 11 is 0. The van der Waals surface area contributed by atoms with Gasteiger partial charge in [0.15, 0.2) is 0 Å². The summed E-state index contributed by atoms with van der Waals surface area (Å²) in [5.74, 6) is 0. The molecular weight excluding hydrogens is 288 g/mol. The molecular formula is C18H22N4O. The van der Waals surface area contributed by atoms with Crippen LogP contribution in [0, 0.1) is 6.92 Å². The normalized spacial score (nSPS) is 15.3. The van der Waals surface area contributed by atoms with Gasteiger partial charge in [-0.25, -0.2) is 0 Å². The third-order valence-corrected chi connectivity index (χ3v) is 4.77. The Morgan fingerprint density at radius 3 is 2.87 bits per heavy atom. The number of aliphatic hydroxyl groups is 1. The third-order valence-electron chi connectivity index (χ3n) is 4.77. The van der Waals surface area contributed by atoms with Crippen LogP contribution < -0.4 is 0 Å². The second-order valence-electron chi connectivity index (χ2n) is 6.48. The Labute approximate surface area is 135 Å². The van der Waals surface area contributed by atoms with E-state index < -0.39 is 0 Å². The van der Waals surface area contributed by atoms with E-state index in [4.69, 9.17) is 0 Å². The molecule has 1 aliphatic heterocycles. The molecule has 0 saturated carbocycles. The Bertz CT molecular complexity index is 861. The number of aromatic nitrogens is 3. The first kappa shape index (κ1) is 14.5. The summed E-state index contributed by atoms with van der Waals surface area (Å²) in [7, 11) is 2.14. The first-order chi connectivity index (χ1) is 11.1. The average Bonchev–Trinajstić information content (AvgIpc) is 3.08. The molecule has 0 radical (unpaired) electrons. The summed E-state index contributed by atoms with van der Waals surface area (Å²) in [6.45, 7) is 5.84. The van der Waals surface area contributed by atoms with Crippen molar-refractivity contribution in [3.63, 3.8) is 0 Å². The number of benzene rings is 1. The van der Waals surface area contributed by atoms with Crippen molar-refractivity contribution in [2.75, 3.05) is 6.54 Å². The molecule has 0 unspecified atom stereocenters. The number of aliphatic hydroxyl groups excluding tert-OH is 1. The van der Waals surface area contributed by atoms with Crippen LogP contribution in [0.3, 0.4) is 0 Å². The summed E-state index contributed by atoms with van der Waals surface area (Å²) in [4.78, 5) is 2.44. The largest absolute Gasteiger partial charge is 0.390 e. The van der Waals surface area contributed by atoms with Gasteiger partial charge in [0.1, 0.15) is 0 Å². The molecule has 3 heterocycles. The van der Waals surface area contributed by atoms with E-state index >= 15 is 0 Å². The van der Waals surface area contributed by atoms with Gasteiger partial charge in [-0.3, -0.25) is 9.58 Å². The Balaban J connectivity index is 1.58. The van der Waals surface area contributed by atoms with E-state index in [1.165, 1.54) is 27.9 Å². The van der Waals surface area contributed by atoms with Gasteiger partial charge in [0.25, 0.3) is 0 Å². The Hall–Kier alpha value is -2.11. The highest BCUT2D eigenvalue weighted by molar-refractivity contribution is 5.82. The van der Waals surface area contributed by atoms with Gasteiger partial charge in [0.05, 0.1) is 24.5 Å². The number of nitrogens with zero attached hydrogens (tertiary/aromatic N) is 4. The second kappa shape index (κ2) is 5.51. The minimum Gasteiger partial charge on any atom is -0.390 e. The number of hydrogen-bond acceptors (Lipinski definition) is 3. The zero-order chi connectivity index (χ0) is 16.0. The minimum atomic E-state index is 0.0164. The van der Waals surface area contributed by atoms with Crippen LogP contribution in [0.15, 0.2) is 30.3 Å². The highest BCUT2D eigenvalue weighted by atomic mass is 16.3. The number of fused-ring (bicyclic) bond motifs is 2. The molecule has 5 heteroatoms. The van der Waals surface area contributed by atoms with E-state index in [1.807, 2.05) is 10.7 Å². The maximum absolute atomic E-state index is 9.23. The molecule has 23 heavy (non-hydrogen) atoms. The van der Waals surface area contributed by atoms with E-state index in [0.717, 1.165) is 31.9 Å². The highest BCUT2D eigenvalue weighted by Crippen LogP contribution is 2.23. The molecule has 120 valence electrons. The van der Waals surface area contributed by atoms with Crippen LogP contribution in [0.2, 0.25) is 0 Å². The summed E-state index contributed by atoms with van der Waals surface area (Å²) in [6, 6.07) is 10.9. The van der Waals surface area contributed by atoms with E-state index in [-0.39, 0.29) is 6.61 Å². The Morgan fingerprint density at radius 1 is 1.17 bits per heavy atom. The molecule has 2 aromatic heterocycles. The van der Waals surface area contributed by atoms with Crippen molar-refractivity contribution in [1.82, 2.24) is 19.2 Å².